The first kappa shape index (κ1) is 17.5. The summed E-state index contributed by atoms with van der Waals surface area (Å²) in [5.41, 5.74) is 1.82. The zero-order chi connectivity index (χ0) is 18.5. The van der Waals surface area contributed by atoms with Crippen LogP contribution in [0.2, 0.25) is 0 Å². The quantitative estimate of drug-likeness (QED) is 0.837. The molecule has 0 aliphatic carbocycles. The average Bonchev–Trinajstić information content (AvgIpc) is 2.72. The van der Waals surface area contributed by atoms with Crippen molar-refractivity contribution in [2.75, 3.05) is 45.3 Å². The summed E-state index contributed by atoms with van der Waals surface area (Å²) in [4.78, 5) is 20.7. The summed E-state index contributed by atoms with van der Waals surface area (Å²) in [6, 6.07) is 11.1. The minimum Gasteiger partial charge on any atom is -0.497 e. The number of ether oxygens (including phenoxy) is 2. The van der Waals surface area contributed by atoms with Crippen LogP contribution >= 0.6 is 0 Å². The van der Waals surface area contributed by atoms with E-state index in [2.05, 4.69) is 16.0 Å². The molecule has 2 heterocycles. The van der Waals surface area contributed by atoms with E-state index in [9.17, 15) is 10.1 Å². The van der Waals surface area contributed by atoms with Gasteiger partial charge in [0, 0.05) is 37.9 Å². The van der Waals surface area contributed by atoms with E-state index < -0.39 is 0 Å². The number of hydrogen-bond donors (Lipinski definition) is 0. The molecule has 1 fully saturated rings. The maximum atomic E-state index is 12.7. The van der Waals surface area contributed by atoms with Gasteiger partial charge in [-0.3, -0.25) is 4.79 Å². The van der Waals surface area contributed by atoms with Gasteiger partial charge in [-0.2, -0.15) is 5.26 Å². The van der Waals surface area contributed by atoms with E-state index in [0.717, 1.165) is 5.69 Å². The van der Waals surface area contributed by atoms with E-state index in [4.69, 9.17) is 9.47 Å². The molecule has 1 aromatic heterocycles. The van der Waals surface area contributed by atoms with Gasteiger partial charge in [-0.15, -0.1) is 0 Å². The SMILES string of the molecule is COc1cccc(C(=O)N2CCN(c3ccnc(OC)c3C#N)CC2)c1. The summed E-state index contributed by atoms with van der Waals surface area (Å²) < 4.78 is 10.4. The van der Waals surface area contributed by atoms with Crippen molar-refractivity contribution in [3.05, 3.63) is 47.7 Å². The van der Waals surface area contributed by atoms with Crippen LogP contribution in [-0.2, 0) is 0 Å². The Morgan fingerprint density at radius 1 is 1.15 bits per heavy atom. The molecule has 134 valence electrons. The van der Waals surface area contributed by atoms with Crippen molar-refractivity contribution < 1.29 is 14.3 Å². The molecule has 1 saturated heterocycles. The molecule has 0 bridgehead atoms. The highest BCUT2D eigenvalue weighted by molar-refractivity contribution is 5.94. The molecule has 1 aliphatic rings. The third kappa shape index (κ3) is 3.40. The molecule has 3 rings (SSSR count). The lowest BCUT2D eigenvalue weighted by Gasteiger charge is -2.36. The van der Waals surface area contributed by atoms with Crippen molar-refractivity contribution in [1.82, 2.24) is 9.88 Å². The number of aromatic nitrogens is 1. The zero-order valence-corrected chi connectivity index (χ0v) is 14.8. The number of anilines is 1. The number of benzene rings is 1. The van der Waals surface area contributed by atoms with Crippen molar-refractivity contribution in [2.45, 2.75) is 0 Å². The predicted octanol–water partition coefficient (Wildman–Crippen LogP) is 1.93. The molecule has 0 N–H and O–H groups in total. The van der Waals surface area contributed by atoms with Gasteiger partial charge in [0.1, 0.15) is 17.4 Å². The van der Waals surface area contributed by atoms with Crippen LogP contribution in [0.4, 0.5) is 5.69 Å². The highest BCUT2D eigenvalue weighted by atomic mass is 16.5. The van der Waals surface area contributed by atoms with Crippen molar-refractivity contribution >= 4 is 11.6 Å². The molecule has 7 heteroatoms. The van der Waals surface area contributed by atoms with Gasteiger partial charge in [-0.25, -0.2) is 4.98 Å². The largest absolute Gasteiger partial charge is 0.497 e. The van der Waals surface area contributed by atoms with E-state index in [1.54, 1.807) is 31.5 Å². The fourth-order valence-electron chi connectivity index (χ4n) is 3.05. The number of carbonyl (C=O) groups excluding carboxylic acids is 1. The number of hydrogen-bond acceptors (Lipinski definition) is 6. The number of amides is 1. The van der Waals surface area contributed by atoms with Gasteiger partial charge in [0.2, 0.25) is 5.88 Å². The Hall–Kier alpha value is -3.27. The summed E-state index contributed by atoms with van der Waals surface area (Å²) in [6.07, 6.45) is 1.63. The smallest absolute Gasteiger partial charge is 0.254 e. The fourth-order valence-corrected chi connectivity index (χ4v) is 3.05. The second-order valence-corrected chi connectivity index (χ2v) is 5.84. The summed E-state index contributed by atoms with van der Waals surface area (Å²) in [7, 11) is 3.08. The first-order valence-electron chi connectivity index (χ1n) is 8.29. The Morgan fingerprint density at radius 3 is 2.58 bits per heavy atom. The number of pyridine rings is 1. The minimum absolute atomic E-state index is 0.0173. The maximum Gasteiger partial charge on any atom is 0.254 e. The monoisotopic (exact) mass is 352 g/mol. The van der Waals surface area contributed by atoms with E-state index in [0.29, 0.717) is 48.9 Å². The molecule has 0 saturated carbocycles. The molecule has 1 aliphatic heterocycles. The van der Waals surface area contributed by atoms with E-state index in [1.165, 1.54) is 7.11 Å². The van der Waals surface area contributed by atoms with Crippen LogP contribution in [0.15, 0.2) is 36.5 Å². The van der Waals surface area contributed by atoms with Crippen molar-refractivity contribution in [2.24, 2.45) is 0 Å². The standard InChI is InChI=1S/C19H20N4O3/c1-25-15-5-3-4-14(12-15)19(24)23-10-8-22(9-11-23)17-6-7-21-18(26-2)16(17)13-20/h3-7,12H,8-11H2,1-2H3. The maximum absolute atomic E-state index is 12.7. The zero-order valence-electron chi connectivity index (χ0n) is 14.8. The third-order valence-electron chi connectivity index (χ3n) is 4.42. The molecule has 0 unspecified atom stereocenters. The Morgan fingerprint density at radius 2 is 1.92 bits per heavy atom. The molecule has 0 atom stereocenters. The second kappa shape index (κ2) is 7.74. The van der Waals surface area contributed by atoms with Crippen LogP contribution in [0, 0.1) is 11.3 Å². The molecule has 26 heavy (non-hydrogen) atoms. The minimum atomic E-state index is -0.0173. The molecule has 1 amide bonds. The second-order valence-electron chi connectivity index (χ2n) is 5.84. The van der Waals surface area contributed by atoms with Crippen LogP contribution in [0.3, 0.4) is 0 Å². The van der Waals surface area contributed by atoms with E-state index >= 15 is 0 Å². The molecule has 0 radical (unpaired) electrons. The topological polar surface area (TPSA) is 78.7 Å². The van der Waals surface area contributed by atoms with Gasteiger partial charge < -0.3 is 19.3 Å². The predicted molar refractivity (Wildman–Crippen MR) is 96.6 cm³/mol. The first-order chi connectivity index (χ1) is 12.7. The van der Waals surface area contributed by atoms with Crippen LogP contribution in [-0.4, -0.2) is 56.2 Å². The summed E-state index contributed by atoms with van der Waals surface area (Å²) >= 11 is 0. The van der Waals surface area contributed by atoms with Crippen LogP contribution in [0.5, 0.6) is 11.6 Å². The average molecular weight is 352 g/mol. The van der Waals surface area contributed by atoms with E-state index in [1.807, 2.05) is 17.0 Å². The lowest BCUT2D eigenvalue weighted by atomic mass is 10.1. The summed E-state index contributed by atoms with van der Waals surface area (Å²) in [5.74, 6) is 0.966. The van der Waals surface area contributed by atoms with Gasteiger partial charge in [0.05, 0.1) is 19.9 Å². The molecule has 7 nitrogen and oxygen atoms in total. The van der Waals surface area contributed by atoms with Crippen molar-refractivity contribution in [1.29, 1.82) is 5.26 Å². The third-order valence-corrected chi connectivity index (χ3v) is 4.42. The number of piperazine rings is 1. The fraction of sp³-hybridized carbons (Fsp3) is 0.316. The Labute approximate surface area is 152 Å². The molecule has 0 spiro atoms. The lowest BCUT2D eigenvalue weighted by molar-refractivity contribution is 0.0746. The number of methoxy groups -OCH3 is 2. The van der Waals surface area contributed by atoms with Crippen molar-refractivity contribution in [3.63, 3.8) is 0 Å². The van der Waals surface area contributed by atoms with Crippen LogP contribution in [0.25, 0.3) is 0 Å². The molecule has 1 aromatic carbocycles. The number of nitriles is 1. The first-order valence-corrected chi connectivity index (χ1v) is 8.29. The Kier molecular flexibility index (Phi) is 5.23. The van der Waals surface area contributed by atoms with Gasteiger partial charge in [-0.1, -0.05) is 6.07 Å². The molecule has 2 aromatic rings. The molecular formula is C19H20N4O3. The van der Waals surface area contributed by atoms with Crippen molar-refractivity contribution in [3.8, 4) is 17.7 Å². The van der Waals surface area contributed by atoms with Crippen LogP contribution < -0.4 is 14.4 Å². The molecular weight excluding hydrogens is 332 g/mol. The number of nitrogens with zero attached hydrogens (tertiary/aromatic N) is 4. The summed E-state index contributed by atoms with van der Waals surface area (Å²) in [5, 5.41) is 9.43. The highest BCUT2D eigenvalue weighted by Gasteiger charge is 2.25. The highest BCUT2D eigenvalue weighted by Crippen LogP contribution is 2.27. The lowest BCUT2D eigenvalue weighted by Crippen LogP contribution is -2.49. The van der Waals surface area contributed by atoms with Gasteiger partial charge in [-0.05, 0) is 24.3 Å². The van der Waals surface area contributed by atoms with Crippen LogP contribution in [0.1, 0.15) is 15.9 Å². The Balaban J connectivity index is 1.72. The van der Waals surface area contributed by atoms with Gasteiger partial charge in [0.15, 0.2) is 0 Å². The Bertz CT molecular complexity index is 839. The number of rotatable bonds is 4. The van der Waals surface area contributed by atoms with E-state index in [-0.39, 0.29) is 5.91 Å². The summed E-state index contributed by atoms with van der Waals surface area (Å²) in [6.45, 7) is 2.42. The number of carbonyl (C=O) groups is 1. The normalized spacial score (nSPS) is 13.9. The van der Waals surface area contributed by atoms with Gasteiger partial charge >= 0.3 is 0 Å². The van der Waals surface area contributed by atoms with Gasteiger partial charge in [0.25, 0.3) is 5.91 Å².